The number of aryl methyl sites for hydroxylation is 2. The van der Waals surface area contributed by atoms with Gasteiger partial charge in [-0.05, 0) is 63.1 Å². The van der Waals surface area contributed by atoms with Crippen LogP contribution >= 0.6 is 0 Å². The van der Waals surface area contributed by atoms with Crippen LogP contribution in [0.1, 0.15) is 86.3 Å². The Balaban J connectivity index is 0.000000855. The van der Waals surface area contributed by atoms with Gasteiger partial charge in [-0.25, -0.2) is 4.79 Å². The van der Waals surface area contributed by atoms with Crippen LogP contribution in [0, 0.1) is 13.8 Å². The first-order chi connectivity index (χ1) is 13.1. The molecule has 148 valence electrons. The van der Waals surface area contributed by atoms with Crippen molar-refractivity contribution in [1.82, 2.24) is 0 Å². The van der Waals surface area contributed by atoms with E-state index in [1.165, 1.54) is 11.1 Å². The van der Waals surface area contributed by atoms with Gasteiger partial charge in [-0.3, -0.25) is 0 Å². The summed E-state index contributed by atoms with van der Waals surface area (Å²) in [5.41, 5.74) is 4.52. The Labute approximate surface area is 166 Å². The Morgan fingerprint density at radius 2 is 1.19 bits per heavy atom. The zero-order valence-corrected chi connectivity index (χ0v) is 17.9. The highest BCUT2D eigenvalue weighted by Crippen LogP contribution is 2.34. The molecule has 27 heavy (non-hydrogen) atoms. The monoisotopic (exact) mass is 368 g/mol. The number of carbonyl (C=O) groups is 1. The van der Waals surface area contributed by atoms with E-state index < -0.39 is 0 Å². The molecule has 2 nitrogen and oxygen atoms in total. The van der Waals surface area contributed by atoms with Gasteiger partial charge in [0.25, 0.3) is 0 Å². The summed E-state index contributed by atoms with van der Waals surface area (Å²) in [4.78, 5) is 12.2. The first-order valence-electron chi connectivity index (χ1n) is 10.5. The highest BCUT2D eigenvalue weighted by molar-refractivity contribution is 5.89. The van der Waals surface area contributed by atoms with Gasteiger partial charge >= 0.3 is 5.97 Å². The molecule has 0 aliphatic heterocycles. The first-order valence-corrected chi connectivity index (χ1v) is 10.5. The Kier molecular flexibility index (Phi) is 10.5. The average molecular weight is 369 g/mol. The normalized spacial score (nSPS) is 18.3. The van der Waals surface area contributed by atoms with Crippen molar-refractivity contribution in [2.75, 3.05) is 0 Å². The second-order valence-electron chi connectivity index (χ2n) is 6.66. The molecule has 0 amide bonds. The van der Waals surface area contributed by atoms with Crippen LogP contribution in [-0.2, 0) is 4.74 Å². The molecular weight excluding hydrogens is 332 g/mol. The molecule has 0 unspecified atom stereocenters. The maximum absolute atomic E-state index is 12.2. The SMILES string of the molecule is CC.CC.Cc1ccc(C(=O)OC2CCC(c3ccc(C)cc3)CC2)cc1. The van der Waals surface area contributed by atoms with Gasteiger partial charge < -0.3 is 4.74 Å². The lowest BCUT2D eigenvalue weighted by Crippen LogP contribution is -2.24. The van der Waals surface area contributed by atoms with Crippen LogP contribution in [0.4, 0.5) is 0 Å². The maximum Gasteiger partial charge on any atom is 0.338 e. The molecule has 0 heterocycles. The Morgan fingerprint density at radius 3 is 1.67 bits per heavy atom. The molecule has 1 saturated carbocycles. The summed E-state index contributed by atoms with van der Waals surface area (Å²) in [6.45, 7) is 12.1. The van der Waals surface area contributed by atoms with Crippen LogP contribution in [0.2, 0.25) is 0 Å². The number of hydrogen-bond donors (Lipinski definition) is 0. The molecule has 3 rings (SSSR count). The van der Waals surface area contributed by atoms with E-state index in [0.29, 0.717) is 11.5 Å². The Bertz CT molecular complexity index is 648. The average Bonchev–Trinajstić information content (AvgIpc) is 2.73. The predicted octanol–water partition coefficient (Wildman–Crippen LogP) is 7.24. The summed E-state index contributed by atoms with van der Waals surface area (Å²) in [7, 11) is 0. The molecule has 2 heteroatoms. The molecule has 1 fully saturated rings. The van der Waals surface area contributed by atoms with Crippen molar-refractivity contribution in [2.45, 2.75) is 79.2 Å². The smallest absolute Gasteiger partial charge is 0.338 e. The number of ether oxygens (including phenoxy) is 1. The fourth-order valence-corrected chi connectivity index (χ4v) is 3.26. The second-order valence-corrected chi connectivity index (χ2v) is 6.66. The number of hydrogen-bond acceptors (Lipinski definition) is 2. The van der Waals surface area contributed by atoms with E-state index in [1.54, 1.807) is 0 Å². The molecule has 2 aromatic rings. The van der Waals surface area contributed by atoms with Crippen LogP contribution in [0.3, 0.4) is 0 Å². The molecular formula is C25H36O2. The zero-order valence-electron chi connectivity index (χ0n) is 17.9. The summed E-state index contributed by atoms with van der Waals surface area (Å²) < 4.78 is 5.68. The molecule has 0 N–H and O–H groups in total. The molecule has 0 spiro atoms. The quantitative estimate of drug-likeness (QED) is 0.534. The van der Waals surface area contributed by atoms with Crippen molar-refractivity contribution in [2.24, 2.45) is 0 Å². The van der Waals surface area contributed by atoms with Crippen molar-refractivity contribution in [3.8, 4) is 0 Å². The van der Waals surface area contributed by atoms with Gasteiger partial charge in [-0.2, -0.15) is 0 Å². The maximum atomic E-state index is 12.2. The summed E-state index contributed by atoms with van der Waals surface area (Å²) in [6, 6.07) is 16.4. The third-order valence-corrected chi connectivity index (χ3v) is 4.78. The van der Waals surface area contributed by atoms with E-state index >= 15 is 0 Å². The van der Waals surface area contributed by atoms with Crippen molar-refractivity contribution in [3.63, 3.8) is 0 Å². The van der Waals surface area contributed by atoms with Gasteiger partial charge in [0.05, 0.1) is 5.56 Å². The fourth-order valence-electron chi connectivity index (χ4n) is 3.26. The summed E-state index contributed by atoms with van der Waals surface area (Å²) in [5.74, 6) is 0.411. The minimum absolute atomic E-state index is 0.0606. The highest BCUT2D eigenvalue weighted by atomic mass is 16.5. The van der Waals surface area contributed by atoms with Crippen LogP contribution in [-0.4, -0.2) is 12.1 Å². The fraction of sp³-hybridized carbons (Fsp3) is 0.480. The van der Waals surface area contributed by atoms with Crippen molar-refractivity contribution in [3.05, 3.63) is 70.8 Å². The van der Waals surface area contributed by atoms with Gasteiger partial charge in [0.2, 0.25) is 0 Å². The van der Waals surface area contributed by atoms with Crippen LogP contribution in [0.15, 0.2) is 48.5 Å². The van der Waals surface area contributed by atoms with Gasteiger partial charge in [0.15, 0.2) is 0 Å². The lowest BCUT2D eigenvalue weighted by molar-refractivity contribution is 0.0195. The molecule has 0 atom stereocenters. The van der Waals surface area contributed by atoms with Crippen LogP contribution < -0.4 is 0 Å². The number of esters is 1. The third kappa shape index (κ3) is 7.21. The molecule has 0 radical (unpaired) electrons. The lowest BCUT2D eigenvalue weighted by Gasteiger charge is -2.28. The lowest BCUT2D eigenvalue weighted by atomic mass is 9.82. The van der Waals surface area contributed by atoms with Crippen molar-refractivity contribution >= 4 is 5.97 Å². The summed E-state index contributed by atoms with van der Waals surface area (Å²) >= 11 is 0. The van der Waals surface area contributed by atoms with Gasteiger partial charge in [0, 0.05) is 0 Å². The van der Waals surface area contributed by atoms with E-state index in [1.807, 2.05) is 58.9 Å². The van der Waals surface area contributed by atoms with E-state index in [0.717, 1.165) is 31.2 Å². The largest absolute Gasteiger partial charge is 0.459 e. The third-order valence-electron chi connectivity index (χ3n) is 4.78. The molecule has 0 saturated heterocycles. The number of carbonyl (C=O) groups excluding carboxylic acids is 1. The van der Waals surface area contributed by atoms with Crippen LogP contribution in [0.25, 0.3) is 0 Å². The van der Waals surface area contributed by atoms with E-state index in [9.17, 15) is 4.79 Å². The van der Waals surface area contributed by atoms with E-state index in [-0.39, 0.29) is 12.1 Å². The standard InChI is InChI=1S/C21H24O2.2C2H6/c1-15-3-7-17(8-4-15)18-11-13-20(14-12-18)23-21(22)19-9-5-16(2)6-10-19;2*1-2/h3-10,18,20H,11-14H2,1-2H3;2*1-2H3. The van der Waals surface area contributed by atoms with E-state index in [2.05, 4.69) is 31.2 Å². The number of benzene rings is 2. The Morgan fingerprint density at radius 1 is 0.741 bits per heavy atom. The van der Waals surface area contributed by atoms with Crippen molar-refractivity contribution in [1.29, 1.82) is 0 Å². The number of rotatable bonds is 3. The zero-order chi connectivity index (χ0) is 20.2. The van der Waals surface area contributed by atoms with E-state index in [4.69, 9.17) is 4.74 Å². The minimum Gasteiger partial charge on any atom is -0.459 e. The van der Waals surface area contributed by atoms with Gasteiger partial charge in [-0.15, -0.1) is 0 Å². The second kappa shape index (κ2) is 12.3. The van der Waals surface area contributed by atoms with Gasteiger partial charge in [-0.1, -0.05) is 75.2 Å². The molecule has 0 bridgehead atoms. The minimum atomic E-state index is -0.191. The summed E-state index contributed by atoms with van der Waals surface area (Å²) in [6.07, 6.45) is 4.15. The topological polar surface area (TPSA) is 26.3 Å². The Hall–Kier alpha value is -2.09. The predicted molar refractivity (Wildman–Crippen MR) is 115 cm³/mol. The molecule has 1 aliphatic carbocycles. The van der Waals surface area contributed by atoms with Gasteiger partial charge in [0.1, 0.15) is 6.10 Å². The first kappa shape index (κ1) is 23.0. The summed E-state index contributed by atoms with van der Waals surface area (Å²) in [5, 5.41) is 0. The molecule has 1 aliphatic rings. The molecule has 0 aromatic heterocycles. The van der Waals surface area contributed by atoms with Crippen LogP contribution in [0.5, 0.6) is 0 Å². The molecule has 2 aromatic carbocycles. The highest BCUT2D eigenvalue weighted by Gasteiger charge is 2.25. The van der Waals surface area contributed by atoms with Crippen molar-refractivity contribution < 1.29 is 9.53 Å².